The van der Waals surface area contributed by atoms with Crippen LogP contribution in [0.4, 0.5) is 5.69 Å². The first-order chi connectivity index (χ1) is 19.3. The Kier molecular flexibility index (Phi) is 9.96. The molecule has 1 spiro atoms. The summed E-state index contributed by atoms with van der Waals surface area (Å²) in [4.78, 5) is 29.8. The van der Waals surface area contributed by atoms with Crippen molar-refractivity contribution in [3.8, 4) is 5.75 Å². The van der Waals surface area contributed by atoms with Gasteiger partial charge in [0.2, 0.25) is 5.91 Å². The maximum Gasteiger partial charge on any atom is 0.313 e. The number of amides is 1. The van der Waals surface area contributed by atoms with Crippen molar-refractivity contribution in [3.63, 3.8) is 0 Å². The van der Waals surface area contributed by atoms with Gasteiger partial charge in [-0.2, -0.15) is 0 Å². The van der Waals surface area contributed by atoms with Gasteiger partial charge in [0.1, 0.15) is 5.75 Å². The Labute approximate surface area is 243 Å². The lowest BCUT2D eigenvalue weighted by molar-refractivity contribution is -0.145. The molecule has 0 radical (unpaired) electrons. The Morgan fingerprint density at radius 1 is 1.20 bits per heavy atom. The van der Waals surface area contributed by atoms with Crippen molar-refractivity contribution in [1.29, 1.82) is 0 Å². The fourth-order valence-corrected chi connectivity index (χ4v) is 6.28. The van der Waals surface area contributed by atoms with Crippen molar-refractivity contribution >= 4 is 29.2 Å². The van der Waals surface area contributed by atoms with E-state index in [4.69, 9.17) is 21.1 Å². The molecule has 214 valence electrons. The first-order valence-electron chi connectivity index (χ1n) is 14.2. The van der Waals surface area contributed by atoms with Crippen molar-refractivity contribution in [2.75, 3.05) is 45.3 Å². The highest BCUT2D eigenvalue weighted by Crippen LogP contribution is 2.45. The van der Waals surface area contributed by atoms with Crippen molar-refractivity contribution in [2.45, 2.75) is 56.3 Å². The summed E-state index contributed by atoms with van der Waals surface area (Å²) in [6.45, 7) is 10.2. The molecule has 1 aliphatic carbocycles. The monoisotopic (exact) mass is 564 g/mol. The average molecular weight is 565 g/mol. The zero-order valence-corrected chi connectivity index (χ0v) is 24.5. The van der Waals surface area contributed by atoms with Crippen LogP contribution in [0.2, 0.25) is 5.02 Å². The molecule has 40 heavy (non-hydrogen) atoms. The fraction of sp³-hybridized carbons (Fsp3) is 0.455. The Hall–Kier alpha value is -3.25. The average Bonchev–Trinajstić information content (AvgIpc) is 3.10. The molecule has 2 aliphatic rings. The maximum absolute atomic E-state index is 12.9. The number of anilines is 1. The predicted molar refractivity (Wildman–Crippen MR) is 161 cm³/mol. The first-order valence-corrected chi connectivity index (χ1v) is 14.5. The highest BCUT2D eigenvalue weighted by Gasteiger charge is 2.42. The molecule has 4 rings (SSSR count). The van der Waals surface area contributed by atoms with E-state index in [9.17, 15) is 9.59 Å². The van der Waals surface area contributed by atoms with E-state index < -0.39 is 11.9 Å². The summed E-state index contributed by atoms with van der Waals surface area (Å²) in [7, 11) is 3.07. The number of fused-ring (bicyclic) bond motifs is 3. The van der Waals surface area contributed by atoms with E-state index in [1.165, 1.54) is 18.2 Å². The van der Waals surface area contributed by atoms with E-state index in [1.807, 2.05) is 30.3 Å². The molecule has 1 unspecified atom stereocenters. The summed E-state index contributed by atoms with van der Waals surface area (Å²) in [5.41, 5.74) is 4.15. The second kappa shape index (κ2) is 13.4. The molecule has 0 aromatic heterocycles. The highest BCUT2D eigenvalue weighted by atomic mass is 35.5. The standard InChI is InChI=1S/C33H41ClN2O4/c1-5-7-8-9-18-36-22-33(16-10-11-25-19-26(34)13-14-28(25)33)23-40-30-15-12-24(20-29(30)36)27(32(38)39-4)21-31(37)35(3)17-6-2/h5-6,12-15,19-20,27H,1-2,7-11,16-18,21-23H2,3-4H3/t27?,33-/m0/s1. The number of nitrogens with zero attached hydrogens (tertiary/aromatic N) is 2. The lowest BCUT2D eigenvalue weighted by atomic mass is 9.70. The van der Waals surface area contributed by atoms with Gasteiger partial charge in [-0.3, -0.25) is 9.59 Å². The van der Waals surface area contributed by atoms with Crippen LogP contribution in [0, 0.1) is 0 Å². The number of hydrogen-bond acceptors (Lipinski definition) is 5. The quantitative estimate of drug-likeness (QED) is 0.178. The van der Waals surface area contributed by atoms with Gasteiger partial charge in [-0.05, 0) is 79.5 Å². The molecule has 0 saturated heterocycles. The summed E-state index contributed by atoms with van der Waals surface area (Å²) in [6, 6.07) is 12.1. The maximum atomic E-state index is 12.9. The number of allylic oxidation sites excluding steroid dienone is 1. The molecule has 1 amide bonds. The Bertz CT molecular complexity index is 1240. The van der Waals surface area contributed by atoms with Crippen LogP contribution in [0.1, 0.15) is 61.1 Å². The van der Waals surface area contributed by atoms with Crippen molar-refractivity contribution in [1.82, 2.24) is 4.90 Å². The van der Waals surface area contributed by atoms with Crippen LogP contribution in [0.3, 0.4) is 0 Å². The minimum Gasteiger partial charge on any atom is -0.490 e. The second-order valence-electron chi connectivity index (χ2n) is 11.0. The molecule has 7 heteroatoms. The van der Waals surface area contributed by atoms with Crippen molar-refractivity contribution in [2.24, 2.45) is 0 Å². The number of rotatable bonds is 11. The number of methoxy groups -OCH3 is 1. The number of aryl methyl sites for hydroxylation is 1. The summed E-state index contributed by atoms with van der Waals surface area (Å²) in [6.07, 6.45) is 9.79. The molecular formula is C33H41ClN2O4. The zero-order chi connectivity index (χ0) is 28.7. The third kappa shape index (κ3) is 6.55. The lowest BCUT2D eigenvalue weighted by Gasteiger charge is -2.41. The van der Waals surface area contributed by atoms with Crippen LogP contribution in [0.5, 0.6) is 5.75 Å². The Morgan fingerprint density at radius 3 is 2.77 bits per heavy atom. The van der Waals surface area contributed by atoms with Crippen LogP contribution in [-0.2, 0) is 26.2 Å². The summed E-state index contributed by atoms with van der Waals surface area (Å²) < 4.78 is 11.7. The van der Waals surface area contributed by atoms with E-state index in [2.05, 4.69) is 30.2 Å². The Balaban J connectivity index is 1.71. The SMILES string of the molecule is C=CCCCCN1C[C@@]2(CCCc3cc(Cl)ccc32)COc2ccc(C(CC(=O)N(C)CC=C)C(=O)OC)cc21. The molecule has 1 heterocycles. The number of carbonyl (C=O) groups is 2. The molecule has 6 nitrogen and oxygen atoms in total. The van der Waals surface area contributed by atoms with E-state index in [0.29, 0.717) is 13.2 Å². The molecule has 2 atom stereocenters. The van der Waals surface area contributed by atoms with Gasteiger partial charge in [0.05, 0.1) is 25.3 Å². The summed E-state index contributed by atoms with van der Waals surface area (Å²) >= 11 is 6.37. The third-order valence-electron chi connectivity index (χ3n) is 8.24. The van der Waals surface area contributed by atoms with Crippen LogP contribution in [-0.4, -0.2) is 57.2 Å². The Morgan fingerprint density at radius 2 is 2.02 bits per heavy atom. The van der Waals surface area contributed by atoms with E-state index in [-0.39, 0.29) is 17.7 Å². The highest BCUT2D eigenvalue weighted by molar-refractivity contribution is 6.30. The first kappa shape index (κ1) is 29.7. The van der Waals surface area contributed by atoms with Crippen LogP contribution < -0.4 is 9.64 Å². The number of unbranched alkanes of at least 4 members (excludes halogenated alkanes) is 2. The molecule has 0 saturated carbocycles. The van der Waals surface area contributed by atoms with Crippen molar-refractivity contribution < 1.29 is 19.1 Å². The van der Waals surface area contributed by atoms with Gasteiger partial charge in [0.15, 0.2) is 0 Å². The number of likely N-dealkylation sites (N-methyl/N-ethyl adjacent to an activating group) is 1. The van der Waals surface area contributed by atoms with E-state index in [0.717, 1.165) is 73.6 Å². The summed E-state index contributed by atoms with van der Waals surface area (Å²) in [5.74, 6) is -0.488. The van der Waals surface area contributed by atoms with Crippen LogP contribution >= 0.6 is 11.6 Å². The topological polar surface area (TPSA) is 59.1 Å². The predicted octanol–water partition coefficient (Wildman–Crippen LogP) is 6.46. The molecule has 2 aromatic carbocycles. The zero-order valence-electron chi connectivity index (χ0n) is 23.8. The van der Waals surface area contributed by atoms with E-state index >= 15 is 0 Å². The number of halogens is 1. The van der Waals surface area contributed by atoms with Gasteiger partial charge in [-0.15, -0.1) is 13.2 Å². The molecule has 0 fully saturated rings. The molecular weight excluding hydrogens is 524 g/mol. The van der Waals surface area contributed by atoms with Crippen LogP contribution in [0.25, 0.3) is 0 Å². The third-order valence-corrected chi connectivity index (χ3v) is 8.48. The second-order valence-corrected chi connectivity index (χ2v) is 11.4. The molecule has 0 bridgehead atoms. The van der Waals surface area contributed by atoms with Gasteiger partial charge >= 0.3 is 5.97 Å². The number of benzene rings is 2. The summed E-state index contributed by atoms with van der Waals surface area (Å²) in [5, 5.41) is 0.765. The fourth-order valence-electron chi connectivity index (χ4n) is 6.08. The van der Waals surface area contributed by atoms with Gasteiger partial charge in [0.25, 0.3) is 0 Å². The van der Waals surface area contributed by atoms with Gasteiger partial charge in [-0.25, -0.2) is 0 Å². The normalized spacial score (nSPS) is 18.5. The van der Waals surface area contributed by atoms with Gasteiger partial charge in [0, 0.05) is 43.5 Å². The van der Waals surface area contributed by atoms with E-state index in [1.54, 1.807) is 18.0 Å². The van der Waals surface area contributed by atoms with Gasteiger partial charge < -0.3 is 19.3 Å². The number of esters is 1. The number of ether oxygens (including phenoxy) is 2. The number of carbonyl (C=O) groups excluding carboxylic acids is 2. The molecule has 2 aromatic rings. The largest absolute Gasteiger partial charge is 0.490 e. The smallest absolute Gasteiger partial charge is 0.313 e. The van der Waals surface area contributed by atoms with Crippen LogP contribution in [0.15, 0.2) is 61.7 Å². The number of hydrogen-bond donors (Lipinski definition) is 0. The van der Waals surface area contributed by atoms with Crippen molar-refractivity contribution in [3.05, 3.63) is 83.4 Å². The minimum atomic E-state index is -0.715. The molecule has 0 N–H and O–H groups in total. The molecule has 1 aliphatic heterocycles. The lowest BCUT2D eigenvalue weighted by Crippen LogP contribution is -2.46. The minimum absolute atomic E-state index is 0.0219. The van der Waals surface area contributed by atoms with Gasteiger partial charge in [-0.1, -0.05) is 35.9 Å².